The predicted molar refractivity (Wildman–Crippen MR) is 104 cm³/mol. The lowest BCUT2D eigenvalue weighted by Gasteiger charge is -2.30. The molecule has 2 aromatic carbocycles. The van der Waals surface area contributed by atoms with Crippen molar-refractivity contribution in [2.75, 3.05) is 18.0 Å². The van der Waals surface area contributed by atoms with Gasteiger partial charge in [0, 0.05) is 12.2 Å². The van der Waals surface area contributed by atoms with Crippen LogP contribution in [0.3, 0.4) is 0 Å². The van der Waals surface area contributed by atoms with Crippen LogP contribution in [0, 0.1) is 0 Å². The number of amides is 4. The number of para-hydroxylation sites is 1. The number of aryl methyl sites for hydroxylation is 2. The highest BCUT2D eigenvalue weighted by Gasteiger charge is 2.55. The molecule has 0 bridgehead atoms. The van der Waals surface area contributed by atoms with Crippen LogP contribution in [-0.4, -0.2) is 35.8 Å². The standard InChI is InChI=1S/C22H21N3O3/c26-19(24-13-5-8-16-7-2-4-10-18(16)24)14-25-20(27)22(23-21(25)28)12-11-15-6-1-3-9-17(15)22/h1-4,6-7,9-10H,5,8,11-14H2,(H,23,28)/t22-/m0/s1. The predicted octanol–water partition coefficient (Wildman–Crippen LogP) is 2.36. The average molecular weight is 375 g/mol. The molecule has 4 amide bonds. The van der Waals surface area contributed by atoms with Crippen molar-refractivity contribution in [2.24, 2.45) is 0 Å². The third-order valence-electron chi connectivity index (χ3n) is 6.13. The van der Waals surface area contributed by atoms with Gasteiger partial charge in [-0.1, -0.05) is 42.5 Å². The molecule has 0 aromatic heterocycles. The number of nitrogens with zero attached hydrogens (tertiary/aromatic N) is 2. The molecule has 0 unspecified atom stereocenters. The average Bonchev–Trinajstić information content (AvgIpc) is 3.21. The molecule has 1 spiro atoms. The zero-order chi connectivity index (χ0) is 19.3. The minimum atomic E-state index is -1.02. The van der Waals surface area contributed by atoms with E-state index in [4.69, 9.17) is 0 Å². The lowest BCUT2D eigenvalue weighted by molar-refractivity contribution is -0.134. The number of hydrogen-bond acceptors (Lipinski definition) is 3. The Morgan fingerprint density at radius 3 is 2.61 bits per heavy atom. The summed E-state index contributed by atoms with van der Waals surface area (Å²) in [5.74, 6) is -0.542. The summed E-state index contributed by atoms with van der Waals surface area (Å²) in [5.41, 5.74) is 2.92. The second kappa shape index (κ2) is 6.19. The highest BCUT2D eigenvalue weighted by molar-refractivity contribution is 6.11. The molecule has 0 radical (unpaired) electrons. The van der Waals surface area contributed by atoms with Crippen molar-refractivity contribution in [3.63, 3.8) is 0 Å². The summed E-state index contributed by atoms with van der Waals surface area (Å²) < 4.78 is 0. The van der Waals surface area contributed by atoms with Crippen molar-refractivity contribution in [1.29, 1.82) is 0 Å². The highest BCUT2D eigenvalue weighted by atomic mass is 16.2. The molecule has 1 aliphatic carbocycles. The van der Waals surface area contributed by atoms with Crippen molar-refractivity contribution in [3.8, 4) is 0 Å². The van der Waals surface area contributed by atoms with Gasteiger partial charge in [-0.25, -0.2) is 4.79 Å². The van der Waals surface area contributed by atoms with E-state index in [1.54, 1.807) is 4.90 Å². The Morgan fingerprint density at radius 2 is 1.75 bits per heavy atom. The highest BCUT2D eigenvalue weighted by Crippen LogP contribution is 2.41. The number of urea groups is 1. The Hall–Kier alpha value is -3.15. The largest absolute Gasteiger partial charge is 0.325 e. The molecular weight excluding hydrogens is 354 g/mol. The van der Waals surface area contributed by atoms with Gasteiger partial charge in [0.05, 0.1) is 0 Å². The number of rotatable bonds is 2. The molecule has 1 saturated heterocycles. The summed E-state index contributed by atoms with van der Waals surface area (Å²) in [4.78, 5) is 41.7. The number of carbonyl (C=O) groups is 3. The van der Waals surface area contributed by atoms with E-state index in [0.29, 0.717) is 13.0 Å². The lowest BCUT2D eigenvalue weighted by atomic mass is 9.92. The number of benzene rings is 2. The first-order chi connectivity index (χ1) is 13.6. The molecule has 5 rings (SSSR count). The Kier molecular flexibility index (Phi) is 3.75. The number of fused-ring (bicyclic) bond motifs is 3. The second-order valence-corrected chi connectivity index (χ2v) is 7.66. The fourth-order valence-electron chi connectivity index (χ4n) is 4.75. The van der Waals surface area contributed by atoms with Gasteiger partial charge in [0.1, 0.15) is 12.1 Å². The molecule has 0 saturated carbocycles. The SMILES string of the molecule is O=C1N[C@]2(CCc3ccccc32)C(=O)N1CC(=O)N1CCCc2ccccc21. The minimum absolute atomic E-state index is 0.223. The van der Waals surface area contributed by atoms with Gasteiger partial charge >= 0.3 is 6.03 Å². The zero-order valence-corrected chi connectivity index (χ0v) is 15.5. The maximum atomic E-state index is 13.2. The lowest BCUT2D eigenvalue weighted by Crippen LogP contribution is -2.46. The van der Waals surface area contributed by atoms with Crippen molar-refractivity contribution in [1.82, 2.24) is 10.2 Å². The molecule has 2 heterocycles. The van der Waals surface area contributed by atoms with Crippen molar-refractivity contribution in [2.45, 2.75) is 31.2 Å². The molecule has 2 aliphatic heterocycles. The van der Waals surface area contributed by atoms with Gasteiger partial charge in [-0.15, -0.1) is 0 Å². The van der Waals surface area contributed by atoms with Gasteiger partial charge in [0.25, 0.3) is 5.91 Å². The molecular formula is C22H21N3O3. The fraction of sp³-hybridized carbons (Fsp3) is 0.318. The van der Waals surface area contributed by atoms with Crippen molar-refractivity contribution >= 4 is 23.5 Å². The van der Waals surface area contributed by atoms with Gasteiger partial charge in [0.2, 0.25) is 5.91 Å². The van der Waals surface area contributed by atoms with E-state index in [2.05, 4.69) is 5.32 Å². The summed E-state index contributed by atoms with van der Waals surface area (Å²) in [6.45, 7) is 0.371. The van der Waals surface area contributed by atoms with E-state index in [9.17, 15) is 14.4 Å². The molecule has 6 nitrogen and oxygen atoms in total. The summed E-state index contributed by atoms with van der Waals surface area (Å²) in [6, 6.07) is 15.0. The van der Waals surface area contributed by atoms with Crippen LogP contribution in [-0.2, 0) is 28.0 Å². The van der Waals surface area contributed by atoms with E-state index in [0.717, 1.165) is 46.5 Å². The Balaban J connectivity index is 1.41. The van der Waals surface area contributed by atoms with E-state index in [-0.39, 0.29) is 18.4 Å². The maximum absolute atomic E-state index is 13.2. The topological polar surface area (TPSA) is 69.7 Å². The van der Waals surface area contributed by atoms with Crippen LogP contribution in [0.2, 0.25) is 0 Å². The Labute approximate surface area is 163 Å². The number of imide groups is 1. The van der Waals surface area contributed by atoms with E-state index >= 15 is 0 Å². The van der Waals surface area contributed by atoms with E-state index in [1.807, 2.05) is 48.5 Å². The smallest absolute Gasteiger partial charge is 0.319 e. The van der Waals surface area contributed by atoms with Crippen molar-refractivity contribution < 1.29 is 14.4 Å². The maximum Gasteiger partial charge on any atom is 0.325 e. The van der Waals surface area contributed by atoms with Gasteiger partial charge in [-0.2, -0.15) is 0 Å². The van der Waals surface area contributed by atoms with E-state index < -0.39 is 11.6 Å². The van der Waals surface area contributed by atoms with Gasteiger partial charge in [-0.3, -0.25) is 14.5 Å². The molecule has 28 heavy (non-hydrogen) atoms. The molecule has 142 valence electrons. The van der Waals surface area contributed by atoms with Gasteiger partial charge < -0.3 is 10.2 Å². The first-order valence-electron chi connectivity index (χ1n) is 9.71. The van der Waals surface area contributed by atoms with Gasteiger partial charge in [-0.05, 0) is 48.4 Å². The van der Waals surface area contributed by atoms with Crippen molar-refractivity contribution in [3.05, 3.63) is 65.2 Å². The van der Waals surface area contributed by atoms with Crippen LogP contribution in [0.15, 0.2) is 48.5 Å². The Bertz CT molecular complexity index is 1000. The molecule has 6 heteroatoms. The quantitative estimate of drug-likeness (QED) is 0.820. The number of nitrogens with one attached hydrogen (secondary N) is 1. The molecule has 3 aliphatic rings. The third kappa shape index (κ3) is 2.37. The normalized spacial score (nSPS) is 23.0. The second-order valence-electron chi connectivity index (χ2n) is 7.66. The van der Waals surface area contributed by atoms with E-state index in [1.165, 1.54) is 0 Å². The summed E-state index contributed by atoms with van der Waals surface area (Å²) in [5, 5.41) is 2.88. The molecule has 1 fully saturated rings. The monoisotopic (exact) mass is 375 g/mol. The van der Waals surface area contributed by atoms with Crippen LogP contribution in [0.25, 0.3) is 0 Å². The number of anilines is 1. The molecule has 1 N–H and O–H groups in total. The molecule has 1 atom stereocenters. The van der Waals surface area contributed by atoms with Crippen LogP contribution < -0.4 is 10.2 Å². The first kappa shape index (κ1) is 17.0. The van der Waals surface area contributed by atoms with Crippen LogP contribution in [0.1, 0.15) is 29.5 Å². The zero-order valence-electron chi connectivity index (χ0n) is 15.5. The first-order valence-corrected chi connectivity index (χ1v) is 9.71. The minimum Gasteiger partial charge on any atom is -0.319 e. The third-order valence-corrected chi connectivity index (χ3v) is 6.13. The van der Waals surface area contributed by atoms with Crippen LogP contribution >= 0.6 is 0 Å². The van der Waals surface area contributed by atoms with Gasteiger partial charge in [0.15, 0.2) is 0 Å². The molecule has 2 aromatic rings. The number of hydrogen-bond donors (Lipinski definition) is 1. The van der Waals surface area contributed by atoms with Crippen LogP contribution in [0.5, 0.6) is 0 Å². The fourth-order valence-corrected chi connectivity index (χ4v) is 4.75. The number of carbonyl (C=O) groups excluding carboxylic acids is 3. The van der Waals surface area contributed by atoms with Crippen LogP contribution in [0.4, 0.5) is 10.5 Å². The summed E-state index contributed by atoms with van der Waals surface area (Å²) in [6.07, 6.45) is 3.08. The summed E-state index contributed by atoms with van der Waals surface area (Å²) in [7, 11) is 0. The summed E-state index contributed by atoms with van der Waals surface area (Å²) >= 11 is 0. The Morgan fingerprint density at radius 1 is 1.00 bits per heavy atom.